The van der Waals surface area contributed by atoms with Crippen molar-refractivity contribution >= 4 is 29.3 Å². The molecule has 0 aliphatic carbocycles. The van der Waals surface area contributed by atoms with E-state index in [2.05, 4.69) is 12.2 Å². The highest BCUT2D eigenvalue weighted by atomic mass is 32.2. The van der Waals surface area contributed by atoms with Gasteiger partial charge >= 0.3 is 0 Å². The second kappa shape index (κ2) is 7.09. The summed E-state index contributed by atoms with van der Waals surface area (Å²) < 4.78 is 0. The number of benzene rings is 2. The summed E-state index contributed by atoms with van der Waals surface area (Å²) in [7, 11) is 1.61. The summed E-state index contributed by atoms with van der Waals surface area (Å²) >= 11 is 1.64. The first-order valence-corrected chi connectivity index (χ1v) is 9.00. The molecule has 0 radical (unpaired) electrons. The van der Waals surface area contributed by atoms with E-state index < -0.39 is 6.04 Å². The quantitative estimate of drug-likeness (QED) is 0.870. The van der Waals surface area contributed by atoms with Gasteiger partial charge in [-0.05, 0) is 29.5 Å². The number of nitrogens with one attached hydrogen (secondary N) is 1. The second-order valence-electron chi connectivity index (χ2n) is 5.57. The van der Waals surface area contributed by atoms with Crippen molar-refractivity contribution in [2.75, 3.05) is 17.7 Å². The fourth-order valence-electron chi connectivity index (χ4n) is 3.07. The summed E-state index contributed by atoms with van der Waals surface area (Å²) in [5.74, 6) is 0.630. The van der Waals surface area contributed by atoms with E-state index in [9.17, 15) is 9.59 Å². The number of carbonyl (C=O) groups excluding carboxylic acids is 2. The van der Waals surface area contributed by atoms with Crippen molar-refractivity contribution < 1.29 is 9.59 Å². The van der Waals surface area contributed by atoms with Gasteiger partial charge < -0.3 is 5.32 Å². The number of fused-ring (bicyclic) bond motifs is 1. The van der Waals surface area contributed by atoms with Crippen LogP contribution in [0.15, 0.2) is 53.4 Å². The number of anilines is 1. The molecule has 1 heterocycles. The molecular formula is C19H20N2O2S. The van der Waals surface area contributed by atoms with Crippen molar-refractivity contribution in [2.45, 2.75) is 24.3 Å². The smallest absolute Gasteiger partial charge is 0.260 e. The van der Waals surface area contributed by atoms with Crippen molar-refractivity contribution in [1.82, 2.24) is 5.32 Å². The number of para-hydroxylation sites is 1. The number of carbonyl (C=O) groups is 2. The van der Waals surface area contributed by atoms with Gasteiger partial charge in [0.1, 0.15) is 6.04 Å². The molecule has 0 spiro atoms. The first kappa shape index (κ1) is 16.6. The number of rotatable bonds is 4. The maximum atomic E-state index is 13.3. The van der Waals surface area contributed by atoms with Gasteiger partial charge in [0.05, 0.1) is 5.56 Å². The Morgan fingerprint density at radius 1 is 1.17 bits per heavy atom. The number of thioether (sulfide) groups is 1. The minimum atomic E-state index is -0.500. The van der Waals surface area contributed by atoms with E-state index in [4.69, 9.17) is 0 Å². The number of amides is 2. The van der Waals surface area contributed by atoms with Crippen molar-refractivity contribution in [3.05, 3.63) is 59.7 Å². The molecule has 0 fully saturated rings. The molecule has 0 saturated carbocycles. The summed E-state index contributed by atoms with van der Waals surface area (Å²) in [6.45, 7) is 2.06. The van der Waals surface area contributed by atoms with Crippen LogP contribution in [0.1, 0.15) is 22.8 Å². The first-order valence-electron chi connectivity index (χ1n) is 8.02. The lowest BCUT2D eigenvalue weighted by Gasteiger charge is -2.25. The van der Waals surface area contributed by atoms with Crippen LogP contribution >= 0.6 is 11.8 Å². The average Bonchev–Trinajstić information content (AvgIpc) is 3.00. The maximum Gasteiger partial charge on any atom is 0.260 e. The van der Waals surface area contributed by atoms with Gasteiger partial charge in [0, 0.05) is 24.1 Å². The maximum absolute atomic E-state index is 13.3. The third-order valence-electron chi connectivity index (χ3n) is 4.16. The highest BCUT2D eigenvalue weighted by Gasteiger charge is 2.38. The summed E-state index contributed by atoms with van der Waals surface area (Å²) in [5, 5.41) is 2.68. The number of hydrogen-bond donors (Lipinski definition) is 1. The highest BCUT2D eigenvalue weighted by Crippen LogP contribution is 2.35. The van der Waals surface area contributed by atoms with E-state index in [0.29, 0.717) is 12.0 Å². The Balaban J connectivity index is 2.04. The van der Waals surface area contributed by atoms with Gasteiger partial charge in [-0.2, -0.15) is 0 Å². The van der Waals surface area contributed by atoms with Gasteiger partial charge in [0.2, 0.25) is 5.91 Å². The molecule has 1 aliphatic rings. The van der Waals surface area contributed by atoms with E-state index in [1.54, 1.807) is 23.7 Å². The lowest BCUT2D eigenvalue weighted by molar-refractivity contribution is -0.121. The first-order chi connectivity index (χ1) is 11.7. The standard InChI is InChI=1S/C19H20N2O2S/c1-3-24-17-11-7-5-9-14(17)19(23)21-15-10-6-4-8-13(15)12-16(21)18(22)20-2/h4-11,16H,3,12H2,1-2H3,(H,20,22). The van der Waals surface area contributed by atoms with E-state index in [0.717, 1.165) is 21.9 Å². The summed E-state index contributed by atoms with van der Waals surface area (Å²) in [5.41, 5.74) is 2.50. The Morgan fingerprint density at radius 3 is 2.62 bits per heavy atom. The van der Waals surface area contributed by atoms with Crippen LogP contribution in [0.25, 0.3) is 0 Å². The Bertz CT molecular complexity index is 775. The van der Waals surface area contributed by atoms with Crippen LogP contribution in [-0.2, 0) is 11.2 Å². The third kappa shape index (κ3) is 2.91. The zero-order valence-corrected chi connectivity index (χ0v) is 14.6. The third-order valence-corrected chi connectivity index (χ3v) is 5.12. The summed E-state index contributed by atoms with van der Waals surface area (Å²) in [4.78, 5) is 28.2. The minimum Gasteiger partial charge on any atom is -0.357 e. The van der Waals surface area contributed by atoms with Crippen LogP contribution in [0.4, 0.5) is 5.69 Å². The van der Waals surface area contributed by atoms with Crippen molar-refractivity contribution in [3.8, 4) is 0 Å². The normalized spacial score (nSPS) is 15.9. The van der Waals surface area contributed by atoms with Crippen LogP contribution in [0, 0.1) is 0 Å². The molecule has 1 unspecified atom stereocenters. The van der Waals surface area contributed by atoms with E-state index in [1.165, 1.54) is 0 Å². The van der Waals surface area contributed by atoms with E-state index >= 15 is 0 Å². The molecule has 3 rings (SSSR count). The lowest BCUT2D eigenvalue weighted by atomic mass is 10.1. The van der Waals surface area contributed by atoms with Gasteiger partial charge in [-0.1, -0.05) is 37.3 Å². The van der Waals surface area contributed by atoms with Crippen molar-refractivity contribution in [3.63, 3.8) is 0 Å². The number of likely N-dealkylation sites (N-methyl/N-ethyl adjacent to an activating group) is 1. The van der Waals surface area contributed by atoms with Crippen LogP contribution < -0.4 is 10.2 Å². The fraction of sp³-hybridized carbons (Fsp3) is 0.263. The Labute approximate surface area is 146 Å². The molecule has 2 aromatic carbocycles. The molecule has 5 heteroatoms. The second-order valence-corrected chi connectivity index (χ2v) is 6.87. The van der Waals surface area contributed by atoms with E-state index in [1.807, 2.05) is 48.5 Å². The minimum absolute atomic E-state index is 0.120. The van der Waals surface area contributed by atoms with Gasteiger partial charge in [0.25, 0.3) is 5.91 Å². The predicted molar refractivity (Wildman–Crippen MR) is 97.7 cm³/mol. The highest BCUT2D eigenvalue weighted by molar-refractivity contribution is 7.99. The average molecular weight is 340 g/mol. The molecule has 1 N–H and O–H groups in total. The molecule has 24 heavy (non-hydrogen) atoms. The summed E-state index contributed by atoms with van der Waals surface area (Å²) in [6, 6.07) is 14.8. The molecule has 2 amide bonds. The van der Waals surface area contributed by atoms with Crippen molar-refractivity contribution in [2.24, 2.45) is 0 Å². The molecule has 4 nitrogen and oxygen atoms in total. The molecule has 0 bridgehead atoms. The molecule has 124 valence electrons. The Morgan fingerprint density at radius 2 is 1.88 bits per heavy atom. The monoisotopic (exact) mass is 340 g/mol. The molecule has 0 aromatic heterocycles. The number of hydrogen-bond acceptors (Lipinski definition) is 3. The Kier molecular flexibility index (Phi) is 4.90. The van der Waals surface area contributed by atoms with Crippen LogP contribution in [0.5, 0.6) is 0 Å². The molecule has 0 saturated heterocycles. The largest absolute Gasteiger partial charge is 0.357 e. The zero-order valence-electron chi connectivity index (χ0n) is 13.8. The molecule has 2 aromatic rings. The Hall–Kier alpha value is -2.27. The molecule has 1 aliphatic heterocycles. The van der Waals surface area contributed by atoms with E-state index in [-0.39, 0.29) is 11.8 Å². The molecular weight excluding hydrogens is 320 g/mol. The van der Waals surface area contributed by atoms with Crippen LogP contribution in [-0.4, -0.2) is 30.7 Å². The summed E-state index contributed by atoms with van der Waals surface area (Å²) in [6.07, 6.45) is 0.546. The fourth-order valence-corrected chi connectivity index (χ4v) is 3.86. The van der Waals surface area contributed by atoms with Crippen LogP contribution in [0.2, 0.25) is 0 Å². The van der Waals surface area contributed by atoms with Crippen LogP contribution in [0.3, 0.4) is 0 Å². The number of nitrogens with zero attached hydrogens (tertiary/aromatic N) is 1. The topological polar surface area (TPSA) is 49.4 Å². The van der Waals surface area contributed by atoms with Gasteiger partial charge in [-0.25, -0.2) is 0 Å². The van der Waals surface area contributed by atoms with Gasteiger partial charge in [0.15, 0.2) is 0 Å². The zero-order chi connectivity index (χ0) is 17.1. The SMILES string of the molecule is CCSc1ccccc1C(=O)N1c2ccccc2CC1C(=O)NC. The predicted octanol–water partition coefficient (Wildman–Crippen LogP) is 3.12. The molecule has 1 atom stereocenters. The van der Waals surface area contributed by atoms with Gasteiger partial charge in [-0.15, -0.1) is 11.8 Å². The lowest BCUT2D eigenvalue weighted by Crippen LogP contribution is -2.47. The van der Waals surface area contributed by atoms with Crippen molar-refractivity contribution in [1.29, 1.82) is 0 Å². The van der Waals surface area contributed by atoms with Gasteiger partial charge in [-0.3, -0.25) is 14.5 Å².